The number of ether oxygens (including phenoxy) is 3. The van der Waals surface area contributed by atoms with E-state index in [1.54, 1.807) is 12.1 Å². The van der Waals surface area contributed by atoms with Gasteiger partial charge in [-0.1, -0.05) is 6.07 Å². The summed E-state index contributed by atoms with van der Waals surface area (Å²) in [5.41, 5.74) is 0.999. The molecule has 2 aromatic rings. The first-order valence-corrected chi connectivity index (χ1v) is 8.07. The zero-order valence-electron chi connectivity index (χ0n) is 14.7. The highest BCUT2D eigenvalue weighted by Crippen LogP contribution is 2.22. The molecule has 0 atom stereocenters. The van der Waals surface area contributed by atoms with Crippen LogP contribution in [0.5, 0.6) is 11.5 Å². The molecule has 0 unspecified atom stereocenters. The SMILES string of the molecule is COCCOc1ccc(NC(=O)CCc2ccc(OC)c(F)c2)cc1F. The Labute approximate surface area is 150 Å². The number of rotatable bonds is 9. The van der Waals surface area contributed by atoms with Gasteiger partial charge < -0.3 is 19.5 Å². The van der Waals surface area contributed by atoms with Gasteiger partial charge in [0.15, 0.2) is 23.1 Å². The van der Waals surface area contributed by atoms with Crippen LogP contribution in [0.3, 0.4) is 0 Å². The quantitative estimate of drug-likeness (QED) is 0.690. The van der Waals surface area contributed by atoms with E-state index in [9.17, 15) is 13.6 Å². The lowest BCUT2D eigenvalue weighted by Gasteiger charge is -2.10. The van der Waals surface area contributed by atoms with E-state index in [2.05, 4.69) is 5.32 Å². The van der Waals surface area contributed by atoms with Crippen molar-refractivity contribution in [2.24, 2.45) is 0 Å². The summed E-state index contributed by atoms with van der Waals surface area (Å²) in [6.07, 6.45) is 0.493. The fraction of sp³-hybridized carbons (Fsp3) is 0.316. The number of hydrogen-bond donors (Lipinski definition) is 1. The number of methoxy groups -OCH3 is 2. The molecule has 5 nitrogen and oxygen atoms in total. The van der Waals surface area contributed by atoms with Crippen molar-refractivity contribution >= 4 is 11.6 Å². The first-order chi connectivity index (χ1) is 12.5. The molecule has 0 saturated carbocycles. The number of amides is 1. The Hall–Kier alpha value is -2.67. The fourth-order valence-electron chi connectivity index (χ4n) is 2.28. The van der Waals surface area contributed by atoms with Gasteiger partial charge in [0.2, 0.25) is 5.91 Å². The summed E-state index contributed by atoms with van der Waals surface area (Å²) in [5, 5.41) is 2.61. The van der Waals surface area contributed by atoms with Crippen LogP contribution < -0.4 is 14.8 Å². The maximum absolute atomic E-state index is 13.9. The Morgan fingerprint density at radius 1 is 1.00 bits per heavy atom. The van der Waals surface area contributed by atoms with Crippen molar-refractivity contribution in [2.45, 2.75) is 12.8 Å². The molecule has 2 aromatic carbocycles. The number of halogens is 2. The lowest BCUT2D eigenvalue weighted by Crippen LogP contribution is -2.13. The second-order valence-corrected chi connectivity index (χ2v) is 5.50. The summed E-state index contributed by atoms with van der Waals surface area (Å²) in [7, 11) is 2.91. The lowest BCUT2D eigenvalue weighted by atomic mass is 10.1. The average molecular weight is 365 g/mol. The van der Waals surface area contributed by atoms with Crippen LogP contribution in [-0.4, -0.2) is 33.3 Å². The molecule has 0 bridgehead atoms. The molecule has 7 heteroatoms. The van der Waals surface area contributed by atoms with Crippen LogP contribution in [0.2, 0.25) is 0 Å². The maximum atomic E-state index is 13.9. The third-order valence-electron chi connectivity index (χ3n) is 3.62. The molecule has 0 aliphatic heterocycles. The van der Waals surface area contributed by atoms with Gasteiger partial charge in [0.05, 0.1) is 13.7 Å². The number of hydrogen-bond acceptors (Lipinski definition) is 4. The monoisotopic (exact) mass is 365 g/mol. The lowest BCUT2D eigenvalue weighted by molar-refractivity contribution is -0.116. The molecule has 0 heterocycles. The van der Waals surface area contributed by atoms with Gasteiger partial charge in [0.1, 0.15) is 6.61 Å². The van der Waals surface area contributed by atoms with Gasteiger partial charge in [-0.2, -0.15) is 0 Å². The van der Waals surface area contributed by atoms with Crippen LogP contribution in [-0.2, 0) is 16.0 Å². The van der Waals surface area contributed by atoms with E-state index < -0.39 is 11.6 Å². The summed E-state index contributed by atoms with van der Waals surface area (Å²) >= 11 is 0. The van der Waals surface area contributed by atoms with E-state index in [4.69, 9.17) is 14.2 Å². The number of aryl methyl sites for hydroxylation is 1. The Kier molecular flexibility index (Phi) is 7.35. The highest BCUT2D eigenvalue weighted by atomic mass is 19.1. The predicted molar refractivity (Wildman–Crippen MR) is 93.7 cm³/mol. The molecule has 0 aromatic heterocycles. The molecule has 0 aliphatic rings. The molecule has 0 fully saturated rings. The molecule has 0 radical (unpaired) electrons. The van der Waals surface area contributed by atoms with Crippen LogP contribution >= 0.6 is 0 Å². The van der Waals surface area contributed by atoms with Crippen molar-refractivity contribution in [3.8, 4) is 11.5 Å². The third kappa shape index (κ3) is 5.70. The Morgan fingerprint density at radius 3 is 2.38 bits per heavy atom. The largest absolute Gasteiger partial charge is 0.494 e. The van der Waals surface area contributed by atoms with Crippen molar-refractivity contribution in [2.75, 3.05) is 32.8 Å². The summed E-state index contributed by atoms with van der Waals surface area (Å²) in [6, 6.07) is 8.72. The normalized spacial score (nSPS) is 10.5. The van der Waals surface area contributed by atoms with Crippen LogP contribution in [0.4, 0.5) is 14.5 Å². The maximum Gasteiger partial charge on any atom is 0.224 e. The minimum atomic E-state index is -0.573. The van der Waals surface area contributed by atoms with E-state index >= 15 is 0 Å². The topological polar surface area (TPSA) is 56.8 Å². The smallest absolute Gasteiger partial charge is 0.224 e. The second kappa shape index (κ2) is 9.72. The number of nitrogens with one attached hydrogen (secondary N) is 1. The predicted octanol–water partition coefficient (Wildman–Crippen LogP) is 3.57. The molecule has 0 saturated heterocycles. The Morgan fingerprint density at radius 2 is 1.73 bits per heavy atom. The van der Waals surface area contributed by atoms with Crippen molar-refractivity contribution in [1.82, 2.24) is 0 Å². The summed E-state index contributed by atoms with van der Waals surface area (Å²) in [5.74, 6) is -1.10. The minimum Gasteiger partial charge on any atom is -0.494 e. The fourth-order valence-corrected chi connectivity index (χ4v) is 2.28. The van der Waals surface area contributed by atoms with Crippen LogP contribution in [0.25, 0.3) is 0 Å². The third-order valence-corrected chi connectivity index (χ3v) is 3.62. The van der Waals surface area contributed by atoms with E-state index in [1.165, 1.54) is 38.5 Å². The summed E-state index contributed by atoms with van der Waals surface area (Å²) in [4.78, 5) is 12.0. The van der Waals surface area contributed by atoms with Crippen LogP contribution in [0.15, 0.2) is 36.4 Å². The van der Waals surface area contributed by atoms with E-state index in [0.717, 1.165) is 0 Å². The molecule has 0 spiro atoms. The average Bonchev–Trinajstić information content (AvgIpc) is 2.62. The molecule has 0 aliphatic carbocycles. The zero-order valence-corrected chi connectivity index (χ0v) is 14.7. The molecular weight excluding hydrogens is 344 g/mol. The van der Waals surface area contributed by atoms with Gasteiger partial charge in [-0.3, -0.25) is 4.79 Å². The van der Waals surface area contributed by atoms with Crippen molar-refractivity contribution in [3.63, 3.8) is 0 Å². The van der Waals surface area contributed by atoms with Crippen LogP contribution in [0, 0.1) is 11.6 Å². The zero-order chi connectivity index (χ0) is 18.9. The Bertz CT molecular complexity index is 752. The summed E-state index contributed by atoms with van der Waals surface area (Å²) in [6.45, 7) is 0.585. The molecular formula is C19H21F2NO4. The highest BCUT2D eigenvalue weighted by molar-refractivity contribution is 5.90. The van der Waals surface area contributed by atoms with Crippen molar-refractivity contribution in [3.05, 3.63) is 53.6 Å². The molecule has 1 amide bonds. The van der Waals surface area contributed by atoms with E-state index in [-0.39, 0.29) is 30.4 Å². The van der Waals surface area contributed by atoms with Gasteiger partial charge in [-0.05, 0) is 36.2 Å². The number of carbonyl (C=O) groups is 1. The second-order valence-electron chi connectivity index (χ2n) is 5.50. The molecule has 26 heavy (non-hydrogen) atoms. The van der Waals surface area contributed by atoms with Gasteiger partial charge in [-0.25, -0.2) is 8.78 Å². The van der Waals surface area contributed by atoms with Crippen molar-refractivity contribution in [1.29, 1.82) is 0 Å². The molecule has 1 N–H and O–H groups in total. The van der Waals surface area contributed by atoms with Gasteiger partial charge in [0.25, 0.3) is 0 Å². The molecule has 2 rings (SSSR count). The van der Waals surface area contributed by atoms with Crippen molar-refractivity contribution < 1.29 is 27.8 Å². The highest BCUT2D eigenvalue weighted by Gasteiger charge is 2.09. The number of benzene rings is 2. The van der Waals surface area contributed by atoms with Gasteiger partial charge in [0, 0.05) is 25.3 Å². The van der Waals surface area contributed by atoms with Gasteiger partial charge >= 0.3 is 0 Å². The number of carbonyl (C=O) groups excluding carboxylic acids is 1. The van der Waals surface area contributed by atoms with E-state index in [1.807, 2.05) is 0 Å². The standard InChI is InChI=1S/C19H21F2NO4/c1-24-9-10-26-18-7-5-14(12-16(18)21)22-19(23)8-4-13-3-6-17(25-2)15(20)11-13/h3,5-7,11-12H,4,8-10H2,1-2H3,(H,22,23). The minimum absolute atomic E-state index is 0.0914. The molecule has 140 valence electrons. The Balaban J connectivity index is 1.87. The first-order valence-electron chi connectivity index (χ1n) is 8.07. The van der Waals surface area contributed by atoms with E-state index in [0.29, 0.717) is 24.3 Å². The summed E-state index contributed by atoms with van der Waals surface area (Å²) < 4.78 is 42.4. The van der Waals surface area contributed by atoms with Crippen LogP contribution in [0.1, 0.15) is 12.0 Å². The first kappa shape index (κ1) is 19.7. The van der Waals surface area contributed by atoms with Gasteiger partial charge in [-0.15, -0.1) is 0 Å². The number of anilines is 1.